The molecular weight excluding hydrogens is 258 g/mol. The molecule has 1 heterocycles. The van der Waals surface area contributed by atoms with Crippen LogP contribution in [0.3, 0.4) is 0 Å². The summed E-state index contributed by atoms with van der Waals surface area (Å²) >= 11 is 5.95. The van der Waals surface area contributed by atoms with Crippen LogP contribution in [0.25, 0.3) is 11.5 Å². The van der Waals surface area contributed by atoms with Gasteiger partial charge in [-0.1, -0.05) is 37.8 Å². The molecule has 0 amide bonds. The fourth-order valence-corrected chi connectivity index (χ4v) is 2.30. The van der Waals surface area contributed by atoms with Crippen LogP contribution in [-0.2, 0) is 6.42 Å². The SMILES string of the molecule is [CH2]CCCCCc1coc(-c2ccc(Cl)cc2C)n1. The van der Waals surface area contributed by atoms with Gasteiger partial charge in [0.15, 0.2) is 0 Å². The van der Waals surface area contributed by atoms with Gasteiger partial charge >= 0.3 is 0 Å². The third-order valence-corrected chi connectivity index (χ3v) is 3.39. The summed E-state index contributed by atoms with van der Waals surface area (Å²) in [5, 5.41) is 0.737. The normalized spacial score (nSPS) is 10.9. The molecule has 0 bridgehead atoms. The molecule has 19 heavy (non-hydrogen) atoms. The van der Waals surface area contributed by atoms with E-state index in [2.05, 4.69) is 11.9 Å². The lowest BCUT2D eigenvalue weighted by Gasteiger charge is -2.01. The van der Waals surface area contributed by atoms with Crippen LogP contribution >= 0.6 is 11.6 Å². The number of benzene rings is 1. The van der Waals surface area contributed by atoms with E-state index < -0.39 is 0 Å². The van der Waals surface area contributed by atoms with Crippen LogP contribution in [0.4, 0.5) is 0 Å². The highest BCUT2D eigenvalue weighted by Gasteiger charge is 2.09. The van der Waals surface area contributed by atoms with Gasteiger partial charge in [0.25, 0.3) is 0 Å². The van der Waals surface area contributed by atoms with E-state index in [9.17, 15) is 0 Å². The summed E-state index contributed by atoms with van der Waals surface area (Å²) in [7, 11) is 0. The van der Waals surface area contributed by atoms with Crippen molar-refractivity contribution < 1.29 is 4.42 Å². The number of halogens is 1. The fourth-order valence-electron chi connectivity index (χ4n) is 2.07. The van der Waals surface area contributed by atoms with Crippen molar-refractivity contribution in [2.24, 2.45) is 0 Å². The summed E-state index contributed by atoms with van der Waals surface area (Å²) in [6.07, 6.45) is 7.26. The lowest BCUT2D eigenvalue weighted by atomic mass is 10.1. The number of aromatic nitrogens is 1. The quantitative estimate of drug-likeness (QED) is 0.674. The molecule has 2 aromatic rings. The molecule has 3 heteroatoms. The summed E-state index contributed by atoms with van der Waals surface area (Å²) in [6.45, 7) is 5.86. The average Bonchev–Trinajstić information content (AvgIpc) is 2.83. The summed E-state index contributed by atoms with van der Waals surface area (Å²) in [6, 6.07) is 5.74. The van der Waals surface area contributed by atoms with Gasteiger partial charge in [0.2, 0.25) is 5.89 Å². The second-order valence-electron chi connectivity index (χ2n) is 4.77. The maximum Gasteiger partial charge on any atom is 0.226 e. The molecule has 0 spiro atoms. The van der Waals surface area contributed by atoms with E-state index in [-0.39, 0.29) is 0 Å². The third-order valence-electron chi connectivity index (χ3n) is 3.15. The van der Waals surface area contributed by atoms with Gasteiger partial charge < -0.3 is 4.42 Å². The first-order chi connectivity index (χ1) is 9.20. The van der Waals surface area contributed by atoms with Gasteiger partial charge in [-0.15, -0.1) is 0 Å². The molecule has 0 N–H and O–H groups in total. The van der Waals surface area contributed by atoms with Gasteiger partial charge in [0, 0.05) is 10.6 Å². The van der Waals surface area contributed by atoms with E-state index in [1.54, 1.807) is 6.26 Å². The van der Waals surface area contributed by atoms with Crippen molar-refractivity contribution in [1.82, 2.24) is 4.98 Å². The van der Waals surface area contributed by atoms with Crippen LogP contribution in [0, 0.1) is 13.8 Å². The minimum absolute atomic E-state index is 0.682. The molecule has 1 radical (unpaired) electrons. The predicted octanol–water partition coefficient (Wildman–Crippen LogP) is 5.24. The molecule has 0 fully saturated rings. The number of hydrogen-bond acceptors (Lipinski definition) is 2. The maximum atomic E-state index is 5.95. The van der Waals surface area contributed by atoms with Crippen molar-refractivity contribution in [3.63, 3.8) is 0 Å². The zero-order chi connectivity index (χ0) is 13.7. The minimum Gasteiger partial charge on any atom is -0.444 e. The zero-order valence-corrected chi connectivity index (χ0v) is 12.0. The standard InChI is InChI=1S/C16H19ClNO/c1-3-4-5-6-7-14-11-19-16(18-14)15-9-8-13(17)10-12(15)2/h8-11H,1,3-7H2,2H3. The van der Waals surface area contributed by atoms with Crippen molar-refractivity contribution in [1.29, 1.82) is 0 Å². The Labute approximate surface area is 119 Å². The molecule has 0 aliphatic rings. The van der Waals surface area contributed by atoms with Crippen LogP contribution in [-0.4, -0.2) is 4.98 Å². The first-order valence-corrected chi connectivity index (χ1v) is 7.08. The number of nitrogens with zero attached hydrogens (tertiary/aromatic N) is 1. The number of aryl methyl sites for hydroxylation is 2. The van der Waals surface area contributed by atoms with Gasteiger partial charge in [0.05, 0.1) is 5.69 Å². The van der Waals surface area contributed by atoms with Crippen molar-refractivity contribution in [3.05, 3.63) is 47.7 Å². The minimum atomic E-state index is 0.682. The molecule has 0 saturated carbocycles. The molecule has 0 aliphatic carbocycles. The van der Waals surface area contributed by atoms with Gasteiger partial charge in [0.1, 0.15) is 6.26 Å². The summed E-state index contributed by atoms with van der Waals surface area (Å²) in [4.78, 5) is 4.54. The molecule has 2 nitrogen and oxygen atoms in total. The molecule has 0 unspecified atom stereocenters. The Balaban J connectivity index is 2.04. The Hall–Kier alpha value is -1.28. The Bertz CT molecular complexity index is 533. The number of rotatable bonds is 6. The van der Waals surface area contributed by atoms with E-state index >= 15 is 0 Å². The second kappa shape index (κ2) is 6.76. The molecule has 101 valence electrons. The fraction of sp³-hybridized carbons (Fsp3) is 0.375. The Morgan fingerprint density at radius 2 is 2.11 bits per heavy atom. The highest BCUT2D eigenvalue weighted by Crippen LogP contribution is 2.25. The monoisotopic (exact) mass is 276 g/mol. The Kier molecular flexibility index (Phi) is 5.03. The number of oxazole rings is 1. The second-order valence-corrected chi connectivity index (χ2v) is 5.20. The lowest BCUT2D eigenvalue weighted by Crippen LogP contribution is -1.87. The zero-order valence-electron chi connectivity index (χ0n) is 11.3. The molecule has 1 aromatic heterocycles. The predicted molar refractivity (Wildman–Crippen MR) is 79.2 cm³/mol. The van der Waals surface area contributed by atoms with Crippen molar-refractivity contribution >= 4 is 11.6 Å². The molecule has 1 aromatic carbocycles. The van der Waals surface area contributed by atoms with Crippen LogP contribution in [0.15, 0.2) is 28.9 Å². The van der Waals surface area contributed by atoms with E-state index in [0.29, 0.717) is 5.89 Å². The molecule has 0 atom stereocenters. The van der Waals surface area contributed by atoms with E-state index in [1.165, 1.54) is 12.8 Å². The lowest BCUT2D eigenvalue weighted by molar-refractivity contribution is 0.571. The first-order valence-electron chi connectivity index (χ1n) is 6.71. The summed E-state index contributed by atoms with van der Waals surface area (Å²) < 4.78 is 5.56. The number of unbranched alkanes of at least 4 members (excludes halogenated alkanes) is 3. The van der Waals surface area contributed by atoms with Crippen LogP contribution in [0.5, 0.6) is 0 Å². The van der Waals surface area contributed by atoms with Gasteiger partial charge in [-0.25, -0.2) is 4.98 Å². The van der Waals surface area contributed by atoms with Crippen LogP contribution in [0.1, 0.15) is 36.9 Å². The van der Waals surface area contributed by atoms with Gasteiger partial charge in [-0.05, 0) is 43.5 Å². The van der Waals surface area contributed by atoms with Gasteiger partial charge in [-0.2, -0.15) is 0 Å². The van der Waals surface area contributed by atoms with Crippen molar-refractivity contribution in [3.8, 4) is 11.5 Å². The first kappa shape index (κ1) is 14.1. The van der Waals surface area contributed by atoms with Crippen LogP contribution < -0.4 is 0 Å². The molecule has 0 saturated heterocycles. The molecule has 0 aliphatic heterocycles. The van der Waals surface area contributed by atoms with Crippen LogP contribution in [0.2, 0.25) is 5.02 Å². The topological polar surface area (TPSA) is 26.0 Å². The van der Waals surface area contributed by atoms with E-state index in [0.717, 1.165) is 41.1 Å². The van der Waals surface area contributed by atoms with Crippen molar-refractivity contribution in [2.45, 2.75) is 39.0 Å². The molecule has 2 rings (SSSR count). The molecular formula is C16H19ClNO. The summed E-state index contributed by atoms with van der Waals surface area (Å²) in [5.74, 6) is 0.682. The van der Waals surface area contributed by atoms with E-state index in [1.807, 2.05) is 25.1 Å². The maximum absolute atomic E-state index is 5.95. The van der Waals surface area contributed by atoms with E-state index in [4.69, 9.17) is 16.0 Å². The highest BCUT2D eigenvalue weighted by atomic mass is 35.5. The number of hydrogen-bond donors (Lipinski definition) is 0. The van der Waals surface area contributed by atoms with Gasteiger partial charge in [-0.3, -0.25) is 0 Å². The smallest absolute Gasteiger partial charge is 0.226 e. The third kappa shape index (κ3) is 3.84. The largest absolute Gasteiger partial charge is 0.444 e. The summed E-state index contributed by atoms with van der Waals surface area (Å²) in [5.41, 5.74) is 3.11. The highest BCUT2D eigenvalue weighted by molar-refractivity contribution is 6.30. The Morgan fingerprint density at radius 3 is 2.84 bits per heavy atom. The Morgan fingerprint density at radius 1 is 1.26 bits per heavy atom. The van der Waals surface area contributed by atoms with Crippen molar-refractivity contribution in [2.75, 3.05) is 0 Å². The average molecular weight is 277 g/mol.